The zero-order valence-corrected chi connectivity index (χ0v) is 11.3. The molecule has 1 aromatic heterocycles. The summed E-state index contributed by atoms with van der Waals surface area (Å²) in [6, 6.07) is 6.09. The summed E-state index contributed by atoms with van der Waals surface area (Å²) in [6.45, 7) is 8.26. The van der Waals surface area contributed by atoms with E-state index in [1.807, 2.05) is 29.8 Å². The lowest BCUT2D eigenvalue weighted by molar-refractivity contribution is 0.112. The van der Waals surface area contributed by atoms with Crippen LogP contribution in [0.25, 0.3) is 11.1 Å². The van der Waals surface area contributed by atoms with E-state index in [0.29, 0.717) is 11.6 Å². The first kappa shape index (κ1) is 12.6. The number of benzene rings is 1. The molecule has 3 heteroatoms. The van der Waals surface area contributed by atoms with Crippen molar-refractivity contribution in [1.29, 1.82) is 0 Å². The minimum Gasteiger partial charge on any atom is -0.298 e. The second-order valence-corrected chi connectivity index (χ2v) is 4.89. The molecule has 94 valence electrons. The fraction of sp³-hybridized carbons (Fsp3) is 0.333. The molecule has 0 atom stereocenters. The zero-order chi connectivity index (χ0) is 13.3. The van der Waals surface area contributed by atoms with E-state index in [4.69, 9.17) is 0 Å². The van der Waals surface area contributed by atoms with E-state index in [-0.39, 0.29) is 0 Å². The van der Waals surface area contributed by atoms with Gasteiger partial charge in [-0.2, -0.15) is 5.10 Å². The van der Waals surface area contributed by atoms with E-state index in [0.717, 1.165) is 28.7 Å². The molecular formula is C15H18N2O. The van der Waals surface area contributed by atoms with Gasteiger partial charge in [-0.25, -0.2) is 0 Å². The number of carbonyl (C=O) groups excluding carboxylic acids is 1. The van der Waals surface area contributed by atoms with E-state index in [1.54, 1.807) is 0 Å². The zero-order valence-electron chi connectivity index (χ0n) is 11.3. The average molecular weight is 242 g/mol. The van der Waals surface area contributed by atoms with Gasteiger partial charge in [0, 0.05) is 23.4 Å². The normalized spacial score (nSPS) is 10.9. The van der Waals surface area contributed by atoms with Crippen molar-refractivity contribution in [3.63, 3.8) is 0 Å². The van der Waals surface area contributed by atoms with Gasteiger partial charge < -0.3 is 0 Å². The Hall–Kier alpha value is -1.90. The topological polar surface area (TPSA) is 34.9 Å². The van der Waals surface area contributed by atoms with Crippen LogP contribution in [0, 0.1) is 13.8 Å². The second-order valence-electron chi connectivity index (χ2n) is 4.89. The summed E-state index contributed by atoms with van der Waals surface area (Å²) in [5.41, 5.74) is 5.04. The molecule has 0 aliphatic heterocycles. The van der Waals surface area contributed by atoms with Gasteiger partial charge in [0.1, 0.15) is 6.29 Å². The Bertz CT molecular complexity index is 582. The van der Waals surface area contributed by atoms with Crippen molar-refractivity contribution in [2.24, 2.45) is 0 Å². The molecule has 0 aliphatic rings. The third-order valence-corrected chi connectivity index (χ3v) is 3.13. The van der Waals surface area contributed by atoms with Crippen molar-refractivity contribution in [1.82, 2.24) is 9.78 Å². The Balaban J connectivity index is 2.57. The van der Waals surface area contributed by atoms with E-state index < -0.39 is 0 Å². The Morgan fingerprint density at radius 2 is 1.94 bits per heavy atom. The lowest BCUT2D eigenvalue weighted by Gasteiger charge is -2.05. The molecule has 0 saturated heterocycles. The van der Waals surface area contributed by atoms with Crippen LogP contribution in [0.5, 0.6) is 0 Å². The van der Waals surface area contributed by atoms with Crippen molar-refractivity contribution in [3.05, 3.63) is 41.2 Å². The van der Waals surface area contributed by atoms with Crippen molar-refractivity contribution < 1.29 is 4.79 Å². The van der Waals surface area contributed by atoms with Gasteiger partial charge in [0.2, 0.25) is 0 Å². The fourth-order valence-electron chi connectivity index (χ4n) is 2.01. The van der Waals surface area contributed by atoms with E-state index in [9.17, 15) is 4.79 Å². The highest BCUT2D eigenvalue weighted by Crippen LogP contribution is 2.27. The van der Waals surface area contributed by atoms with Gasteiger partial charge in [-0.05, 0) is 44.9 Å². The Kier molecular flexibility index (Phi) is 3.32. The van der Waals surface area contributed by atoms with Crippen LogP contribution in [0.1, 0.15) is 41.5 Å². The molecule has 0 fully saturated rings. The van der Waals surface area contributed by atoms with Crippen LogP contribution in [-0.4, -0.2) is 16.1 Å². The van der Waals surface area contributed by atoms with Gasteiger partial charge in [-0.1, -0.05) is 12.1 Å². The molecule has 0 bridgehead atoms. The molecule has 0 unspecified atom stereocenters. The van der Waals surface area contributed by atoms with Crippen LogP contribution in [0.4, 0.5) is 0 Å². The third kappa shape index (κ3) is 2.21. The van der Waals surface area contributed by atoms with Crippen molar-refractivity contribution >= 4 is 6.29 Å². The lowest BCUT2D eigenvalue weighted by atomic mass is 9.99. The fourth-order valence-corrected chi connectivity index (χ4v) is 2.01. The molecule has 0 amide bonds. The highest BCUT2D eigenvalue weighted by atomic mass is 16.1. The van der Waals surface area contributed by atoms with Crippen LogP contribution in [0.2, 0.25) is 0 Å². The monoisotopic (exact) mass is 242 g/mol. The molecule has 1 heterocycles. The number of carbonyl (C=O) groups is 1. The highest BCUT2D eigenvalue weighted by Gasteiger charge is 2.11. The Morgan fingerprint density at radius 3 is 2.50 bits per heavy atom. The van der Waals surface area contributed by atoms with E-state index in [2.05, 4.69) is 32.1 Å². The lowest BCUT2D eigenvalue weighted by Crippen LogP contribution is -2.00. The second kappa shape index (κ2) is 4.77. The van der Waals surface area contributed by atoms with Crippen molar-refractivity contribution in [2.75, 3.05) is 0 Å². The number of nitrogens with zero attached hydrogens (tertiary/aromatic N) is 2. The first-order chi connectivity index (χ1) is 8.52. The van der Waals surface area contributed by atoms with Gasteiger partial charge >= 0.3 is 0 Å². The molecule has 0 aliphatic carbocycles. The maximum absolute atomic E-state index is 10.9. The van der Waals surface area contributed by atoms with Crippen LogP contribution in [-0.2, 0) is 0 Å². The highest BCUT2D eigenvalue weighted by molar-refractivity contribution is 5.80. The van der Waals surface area contributed by atoms with Crippen LogP contribution in [0.15, 0.2) is 24.4 Å². The molecule has 0 spiro atoms. The van der Waals surface area contributed by atoms with Gasteiger partial charge in [0.15, 0.2) is 0 Å². The summed E-state index contributed by atoms with van der Waals surface area (Å²) in [7, 11) is 0. The third-order valence-electron chi connectivity index (χ3n) is 3.13. The summed E-state index contributed by atoms with van der Waals surface area (Å²) in [4.78, 5) is 10.9. The largest absolute Gasteiger partial charge is 0.298 e. The SMILES string of the molecule is Cc1ccc(C=O)cc1-c1cn(C(C)C)nc1C. The van der Waals surface area contributed by atoms with Gasteiger partial charge in [0.05, 0.1) is 5.69 Å². The molecule has 1 aromatic carbocycles. The van der Waals surface area contributed by atoms with Crippen molar-refractivity contribution in [3.8, 4) is 11.1 Å². The van der Waals surface area contributed by atoms with Crippen molar-refractivity contribution in [2.45, 2.75) is 33.7 Å². The maximum Gasteiger partial charge on any atom is 0.150 e. The first-order valence-electron chi connectivity index (χ1n) is 6.15. The molecule has 0 saturated carbocycles. The van der Waals surface area contributed by atoms with Gasteiger partial charge in [0.25, 0.3) is 0 Å². The summed E-state index contributed by atoms with van der Waals surface area (Å²) in [5.74, 6) is 0. The van der Waals surface area contributed by atoms with Crippen LogP contribution >= 0.6 is 0 Å². The number of aryl methyl sites for hydroxylation is 2. The summed E-state index contributed by atoms with van der Waals surface area (Å²) >= 11 is 0. The average Bonchev–Trinajstić information content (AvgIpc) is 2.72. The predicted molar refractivity (Wildman–Crippen MR) is 72.9 cm³/mol. The van der Waals surface area contributed by atoms with Crippen LogP contribution in [0.3, 0.4) is 0 Å². The molecule has 0 radical (unpaired) electrons. The Morgan fingerprint density at radius 1 is 1.22 bits per heavy atom. The predicted octanol–water partition coefficient (Wildman–Crippen LogP) is 3.56. The molecular weight excluding hydrogens is 224 g/mol. The number of hydrogen-bond donors (Lipinski definition) is 0. The van der Waals surface area contributed by atoms with Gasteiger partial charge in [-0.15, -0.1) is 0 Å². The van der Waals surface area contributed by atoms with Gasteiger partial charge in [-0.3, -0.25) is 9.48 Å². The summed E-state index contributed by atoms with van der Waals surface area (Å²) in [6.07, 6.45) is 2.93. The minimum absolute atomic E-state index is 0.340. The molecule has 2 aromatic rings. The molecule has 3 nitrogen and oxygen atoms in total. The maximum atomic E-state index is 10.9. The number of hydrogen-bond acceptors (Lipinski definition) is 2. The summed E-state index contributed by atoms with van der Waals surface area (Å²) in [5, 5.41) is 4.51. The first-order valence-corrected chi connectivity index (χ1v) is 6.15. The quantitative estimate of drug-likeness (QED) is 0.771. The molecule has 0 N–H and O–H groups in total. The number of aldehydes is 1. The standard InChI is InChI=1S/C15H18N2O/c1-10(2)17-8-15(12(4)16-17)14-7-13(9-18)6-5-11(14)3/h5-10H,1-4H3. The summed E-state index contributed by atoms with van der Waals surface area (Å²) < 4.78 is 1.96. The Labute approximate surface area is 107 Å². The van der Waals surface area contributed by atoms with E-state index in [1.165, 1.54) is 0 Å². The molecule has 18 heavy (non-hydrogen) atoms. The smallest absolute Gasteiger partial charge is 0.150 e. The van der Waals surface area contributed by atoms with Crippen LogP contribution < -0.4 is 0 Å². The number of rotatable bonds is 3. The molecule has 2 rings (SSSR count). The minimum atomic E-state index is 0.340. The number of aromatic nitrogens is 2. The van der Waals surface area contributed by atoms with E-state index >= 15 is 0 Å².